The van der Waals surface area contributed by atoms with E-state index in [2.05, 4.69) is 74.2 Å². The fourth-order valence-electron chi connectivity index (χ4n) is 2.06. The van der Waals surface area contributed by atoms with E-state index in [0.717, 1.165) is 18.2 Å². The molecule has 1 heterocycles. The fraction of sp³-hybridized carbons (Fsp3) is 0.471. The van der Waals surface area contributed by atoms with E-state index in [1.807, 2.05) is 6.20 Å². The molecule has 0 saturated heterocycles. The quantitative estimate of drug-likeness (QED) is 0.905. The van der Waals surface area contributed by atoms with Gasteiger partial charge in [0.1, 0.15) is 0 Å². The Labute approximate surface area is 132 Å². The number of aromatic nitrogens is 1. The molecule has 3 nitrogen and oxygen atoms in total. The van der Waals surface area contributed by atoms with Gasteiger partial charge in [0.25, 0.3) is 0 Å². The Morgan fingerprint density at radius 1 is 1.29 bits per heavy atom. The molecule has 1 N–H and O–H groups in total. The smallest absolute Gasteiger partial charge is 0.185 e. The number of anilines is 1. The Morgan fingerprint density at radius 2 is 2.05 bits per heavy atom. The third kappa shape index (κ3) is 5.14. The zero-order chi connectivity index (χ0) is 15.5. The molecule has 0 fully saturated rings. The van der Waals surface area contributed by atoms with Crippen LogP contribution in [0, 0.1) is 6.92 Å². The van der Waals surface area contributed by atoms with Crippen molar-refractivity contribution in [1.82, 2.24) is 10.3 Å². The molecule has 2 rings (SSSR count). The molecule has 0 saturated carbocycles. The number of aryl methyl sites for hydroxylation is 1. The minimum absolute atomic E-state index is 0.137. The van der Waals surface area contributed by atoms with Crippen molar-refractivity contribution >= 4 is 16.5 Å². The van der Waals surface area contributed by atoms with Gasteiger partial charge >= 0.3 is 0 Å². The van der Waals surface area contributed by atoms with E-state index in [4.69, 9.17) is 0 Å². The van der Waals surface area contributed by atoms with E-state index in [1.165, 1.54) is 16.0 Å². The molecule has 1 aromatic carbocycles. The van der Waals surface area contributed by atoms with Crippen LogP contribution in [0.3, 0.4) is 0 Å². The van der Waals surface area contributed by atoms with Crippen LogP contribution in [0.1, 0.15) is 36.8 Å². The summed E-state index contributed by atoms with van der Waals surface area (Å²) in [7, 11) is 2.10. The molecule has 4 heteroatoms. The highest BCUT2D eigenvalue weighted by atomic mass is 32.1. The highest BCUT2D eigenvalue weighted by Crippen LogP contribution is 2.23. The van der Waals surface area contributed by atoms with Gasteiger partial charge < -0.3 is 10.2 Å². The SMILES string of the molecule is Cc1cccc(CN(C)c2ncc(CNC(C)(C)C)s2)c1. The van der Waals surface area contributed by atoms with Crippen molar-refractivity contribution < 1.29 is 0 Å². The molecule has 114 valence electrons. The molecule has 0 radical (unpaired) electrons. The molecule has 0 spiro atoms. The van der Waals surface area contributed by atoms with Crippen LogP contribution in [0.15, 0.2) is 30.5 Å². The standard InChI is InChI=1S/C17H25N3S/c1-13-7-6-8-14(9-13)12-20(5)16-18-10-15(21-16)11-19-17(2,3)4/h6-10,19H,11-12H2,1-5H3. The van der Waals surface area contributed by atoms with Gasteiger partial charge in [0, 0.05) is 36.8 Å². The molecule has 0 aliphatic carbocycles. The number of nitrogens with zero attached hydrogens (tertiary/aromatic N) is 2. The Bertz CT molecular complexity index is 584. The van der Waals surface area contributed by atoms with Crippen molar-refractivity contribution in [2.75, 3.05) is 11.9 Å². The number of nitrogens with one attached hydrogen (secondary N) is 1. The number of benzene rings is 1. The van der Waals surface area contributed by atoms with Crippen LogP contribution in [-0.4, -0.2) is 17.6 Å². The topological polar surface area (TPSA) is 28.2 Å². The lowest BCUT2D eigenvalue weighted by molar-refractivity contribution is 0.426. The molecule has 0 bridgehead atoms. The minimum atomic E-state index is 0.137. The van der Waals surface area contributed by atoms with Crippen molar-refractivity contribution in [3.8, 4) is 0 Å². The van der Waals surface area contributed by atoms with Gasteiger partial charge in [-0.3, -0.25) is 0 Å². The minimum Gasteiger partial charge on any atom is -0.347 e. The van der Waals surface area contributed by atoms with E-state index in [1.54, 1.807) is 11.3 Å². The van der Waals surface area contributed by atoms with E-state index in [-0.39, 0.29) is 5.54 Å². The summed E-state index contributed by atoms with van der Waals surface area (Å²) in [6.45, 7) is 10.4. The van der Waals surface area contributed by atoms with Crippen molar-refractivity contribution in [3.05, 3.63) is 46.5 Å². The van der Waals surface area contributed by atoms with E-state index in [9.17, 15) is 0 Å². The first-order valence-corrected chi connectivity index (χ1v) is 8.11. The zero-order valence-corrected chi connectivity index (χ0v) is 14.4. The first-order valence-electron chi connectivity index (χ1n) is 7.30. The van der Waals surface area contributed by atoms with Gasteiger partial charge in [-0.25, -0.2) is 4.98 Å². The molecule has 0 unspecified atom stereocenters. The summed E-state index contributed by atoms with van der Waals surface area (Å²) in [6.07, 6.45) is 1.98. The van der Waals surface area contributed by atoms with Crippen molar-refractivity contribution in [2.24, 2.45) is 0 Å². The predicted molar refractivity (Wildman–Crippen MR) is 92.0 cm³/mol. The second kappa shape index (κ2) is 6.58. The lowest BCUT2D eigenvalue weighted by Crippen LogP contribution is -2.34. The van der Waals surface area contributed by atoms with Gasteiger partial charge in [0.2, 0.25) is 0 Å². The molecule has 0 amide bonds. The van der Waals surface area contributed by atoms with E-state index in [0.29, 0.717) is 0 Å². The Hall–Kier alpha value is -1.39. The Balaban J connectivity index is 1.97. The predicted octanol–water partition coefficient (Wildman–Crippen LogP) is 3.98. The van der Waals surface area contributed by atoms with Crippen LogP contribution in [0.2, 0.25) is 0 Å². The summed E-state index contributed by atoms with van der Waals surface area (Å²) in [5.74, 6) is 0. The van der Waals surface area contributed by atoms with E-state index >= 15 is 0 Å². The second-order valence-electron chi connectivity index (χ2n) is 6.56. The first kappa shape index (κ1) is 16.0. The molecule has 1 aromatic heterocycles. The maximum Gasteiger partial charge on any atom is 0.185 e. The molecule has 0 aliphatic heterocycles. The van der Waals surface area contributed by atoms with Crippen LogP contribution in [0.5, 0.6) is 0 Å². The highest BCUT2D eigenvalue weighted by molar-refractivity contribution is 7.15. The van der Waals surface area contributed by atoms with Gasteiger partial charge in [-0.05, 0) is 33.3 Å². The summed E-state index contributed by atoms with van der Waals surface area (Å²) < 4.78 is 0. The van der Waals surface area contributed by atoms with Gasteiger partial charge in [-0.2, -0.15) is 0 Å². The van der Waals surface area contributed by atoms with Gasteiger partial charge in [-0.15, -0.1) is 11.3 Å². The number of thiazole rings is 1. The Morgan fingerprint density at radius 3 is 2.71 bits per heavy atom. The van der Waals surface area contributed by atoms with Crippen LogP contribution >= 0.6 is 11.3 Å². The molecule has 0 atom stereocenters. The monoisotopic (exact) mass is 303 g/mol. The number of rotatable bonds is 5. The largest absolute Gasteiger partial charge is 0.347 e. The fourth-order valence-corrected chi connectivity index (χ4v) is 2.87. The van der Waals surface area contributed by atoms with E-state index < -0.39 is 0 Å². The Kier molecular flexibility index (Phi) is 5.01. The maximum atomic E-state index is 4.54. The lowest BCUT2D eigenvalue weighted by atomic mass is 10.1. The summed E-state index contributed by atoms with van der Waals surface area (Å²) in [6, 6.07) is 8.63. The summed E-state index contributed by atoms with van der Waals surface area (Å²) in [4.78, 5) is 8.02. The second-order valence-corrected chi connectivity index (χ2v) is 7.65. The molecular formula is C17H25N3S. The third-order valence-electron chi connectivity index (χ3n) is 3.16. The summed E-state index contributed by atoms with van der Waals surface area (Å²) >= 11 is 1.76. The summed E-state index contributed by atoms with van der Waals surface area (Å²) in [5.41, 5.74) is 2.76. The van der Waals surface area contributed by atoms with Gasteiger partial charge in [0.05, 0.1) is 0 Å². The molecule has 2 aromatic rings. The lowest BCUT2D eigenvalue weighted by Gasteiger charge is -2.19. The van der Waals surface area contributed by atoms with Crippen LogP contribution < -0.4 is 10.2 Å². The first-order chi connectivity index (χ1) is 9.83. The molecule has 21 heavy (non-hydrogen) atoms. The van der Waals surface area contributed by atoms with Crippen LogP contribution in [-0.2, 0) is 13.1 Å². The molecular weight excluding hydrogens is 278 g/mol. The number of hydrogen-bond acceptors (Lipinski definition) is 4. The van der Waals surface area contributed by atoms with Crippen molar-refractivity contribution in [1.29, 1.82) is 0 Å². The highest BCUT2D eigenvalue weighted by Gasteiger charge is 2.11. The van der Waals surface area contributed by atoms with Crippen molar-refractivity contribution in [3.63, 3.8) is 0 Å². The average molecular weight is 303 g/mol. The number of hydrogen-bond donors (Lipinski definition) is 1. The van der Waals surface area contributed by atoms with Crippen LogP contribution in [0.25, 0.3) is 0 Å². The van der Waals surface area contributed by atoms with Gasteiger partial charge in [0.15, 0.2) is 5.13 Å². The zero-order valence-electron chi connectivity index (χ0n) is 13.6. The molecule has 0 aliphatic rings. The third-order valence-corrected chi connectivity index (χ3v) is 4.27. The average Bonchev–Trinajstić information content (AvgIpc) is 2.84. The summed E-state index contributed by atoms with van der Waals surface area (Å²) in [5, 5.41) is 4.57. The van der Waals surface area contributed by atoms with Crippen molar-refractivity contribution in [2.45, 2.75) is 46.3 Å². The normalized spacial score (nSPS) is 11.7. The van der Waals surface area contributed by atoms with Gasteiger partial charge in [-0.1, -0.05) is 29.8 Å². The maximum absolute atomic E-state index is 4.54. The van der Waals surface area contributed by atoms with Crippen LogP contribution in [0.4, 0.5) is 5.13 Å².